The summed E-state index contributed by atoms with van der Waals surface area (Å²) in [6.45, 7) is 1.20. The number of amides is 1. The van der Waals surface area contributed by atoms with Crippen LogP contribution in [0.2, 0.25) is 0 Å². The summed E-state index contributed by atoms with van der Waals surface area (Å²) in [5, 5.41) is 0. The van der Waals surface area contributed by atoms with Crippen LogP contribution in [-0.2, 0) is 0 Å². The summed E-state index contributed by atoms with van der Waals surface area (Å²) < 4.78 is 17.0. The van der Waals surface area contributed by atoms with E-state index in [0.717, 1.165) is 18.4 Å². The normalized spacial score (nSPS) is 14.2. The van der Waals surface area contributed by atoms with Crippen molar-refractivity contribution < 1.29 is 19.0 Å². The Hall–Kier alpha value is -3.61. The van der Waals surface area contributed by atoms with Crippen molar-refractivity contribution in [3.05, 3.63) is 66.5 Å². The van der Waals surface area contributed by atoms with Gasteiger partial charge in [-0.3, -0.25) is 4.79 Å². The van der Waals surface area contributed by atoms with Gasteiger partial charge in [-0.25, -0.2) is 9.97 Å². The fraction of sp³-hybridized carbons (Fsp3) is 0.292. The highest BCUT2D eigenvalue weighted by atomic mass is 16.5. The third-order valence-electron chi connectivity index (χ3n) is 5.33. The largest absolute Gasteiger partial charge is 0.493 e. The van der Waals surface area contributed by atoms with Gasteiger partial charge in [-0.1, -0.05) is 36.4 Å². The van der Waals surface area contributed by atoms with Crippen LogP contribution < -0.4 is 14.2 Å². The Balaban J connectivity index is 1.37. The lowest BCUT2D eigenvalue weighted by molar-refractivity contribution is 0.0584. The molecule has 160 valence electrons. The Morgan fingerprint density at radius 2 is 1.52 bits per heavy atom. The van der Waals surface area contributed by atoms with Gasteiger partial charge in [0.25, 0.3) is 5.91 Å². The Labute approximate surface area is 181 Å². The number of ether oxygens (including phenoxy) is 3. The van der Waals surface area contributed by atoms with E-state index in [1.165, 1.54) is 0 Å². The highest BCUT2D eigenvalue weighted by Gasteiger charge is 2.26. The van der Waals surface area contributed by atoms with Crippen molar-refractivity contribution in [1.29, 1.82) is 0 Å². The van der Waals surface area contributed by atoms with Gasteiger partial charge in [-0.05, 0) is 12.1 Å². The van der Waals surface area contributed by atoms with Crippen LogP contribution in [0.15, 0.2) is 60.9 Å². The molecule has 0 bridgehead atoms. The number of rotatable bonds is 6. The number of benzene rings is 2. The second-order valence-corrected chi connectivity index (χ2v) is 7.26. The molecule has 2 aromatic carbocycles. The topological polar surface area (TPSA) is 73.8 Å². The summed E-state index contributed by atoms with van der Waals surface area (Å²) in [5.41, 5.74) is 1.41. The van der Waals surface area contributed by atoms with Gasteiger partial charge < -0.3 is 19.1 Å². The molecule has 1 aliphatic rings. The zero-order valence-corrected chi connectivity index (χ0v) is 17.7. The van der Waals surface area contributed by atoms with Crippen LogP contribution in [0.4, 0.5) is 0 Å². The molecule has 4 rings (SSSR count). The highest BCUT2D eigenvalue weighted by Crippen LogP contribution is 2.38. The number of piperidine rings is 1. The van der Waals surface area contributed by atoms with E-state index in [9.17, 15) is 4.79 Å². The second-order valence-electron chi connectivity index (χ2n) is 7.26. The van der Waals surface area contributed by atoms with Crippen LogP contribution in [-0.4, -0.2) is 54.2 Å². The first-order chi connectivity index (χ1) is 15.2. The first-order valence-electron chi connectivity index (χ1n) is 10.2. The van der Waals surface area contributed by atoms with Gasteiger partial charge >= 0.3 is 0 Å². The zero-order valence-electron chi connectivity index (χ0n) is 17.7. The minimum Gasteiger partial charge on any atom is -0.493 e. The molecule has 1 aliphatic heterocycles. The van der Waals surface area contributed by atoms with Crippen molar-refractivity contribution in [2.75, 3.05) is 27.3 Å². The number of aromatic nitrogens is 2. The monoisotopic (exact) mass is 419 g/mol. The van der Waals surface area contributed by atoms with Gasteiger partial charge in [0.15, 0.2) is 17.3 Å². The molecule has 3 aromatic rings. The van der Waals surface area contributed by atoms with Gasteiger partial charge in [0, 0.05) is 43.9 Å². The van der Waals surface area contributed by atoms with E-state index in [-0.39, 0.29) is 12.0 Å². The number of likely N-dealkylation sites (tertiary alicyclic amines) is 1. The lowest BCUT2D eigenvalue weighted by atomic mass is 10.1. The fourth-order valence-corrected chi connectivity index (χ4v) is 3.63. The molecule has 0 spiro atoms. The summed E-state index contributed by atoms with van der Waals surface area (Å²) in [6.07, 6.45) is 4.61. The molecule has 1 fully saturated rings. The molecule has 1 amide bonds. The Morgan fingerprint density at radius 1 is 0.903 bits per heavy atom. The standard InChI is InChI=1S/C24H25N3O4/c1-29-20-9-6-10-21(30-2)22(20)31-19-11-13-27(14-12-19)24(28)18-15-25-23(26-16-18)17-7-4-3-5-8-17/h3-10,15-16,19H,11-14H2,1-2H3. The molecule has 2 heterocycles. The molecule has 0 radical (unpaired) electrons. The zero-order chi connectivity index (χ0) is 21.6. The van der Waals surface area contributed by atoms with E-state index in [4.69, 9.17) is 14.2 Å². The number of methoxy groups -OCH3 is 2. The van der Waals surface area contributed by atoms with Crippen LogP contribution in [0.1, 0.15) is 23.2 Å². The average molecular weight is 419 g/mol. The maximum absolute atomic E-state index is 12.9. The fourth-order valence-electron chi connectivity index (χ4n) is 3.63. The summed E-state index contributed by atoms with van der Waals surface area (Å²) in [6, 6.07) is 15.2. The van der Waals surface area contributed by atoms with Crippen LogP contribution in [0.25, 0.3) is 11.4 Å². The van der Waals surface area contributed by atoms with Crippen molar-refractivity contribution in [2.24, 2.45) is 0 Å². The number of carbonyl (C=O) groups excluding carboxylic acids is 1. The summed E-state index contributed by atoms with van der Waals surface area (Å²) in [5.74, 6) is 2.41. The first kappa shape index (κ1) is 20.7. The van der Waals surface area contributed by atoms with Crippen molar-refractivity contribution in [3.63, 3.8) is 0 Å². The van der Waals surface area contributed by atoms with Gasteiger partial charge in [0.1, 0.15) is 6.10 Å². The second kappa shape index (κ2) is 9.47. The average Bonchev–Trinajstić information content (AvgIpc) is 2.85. The highest BCUT2D eigenvalue weighted by molar-refractivity contribution is 5.93. The van der Waals surface area contributed by atoms with Gasteiger partial charge in [-0.2, -0.15) is 0 Å². The Morgan fingerprint density at radius 3 is 2.10 bits per heavy atom. The lowest BCUT2D eigenvalue weighted by Gasteiger charge is -2.32. The van der Waals surface area contributed by atoms with Gasteiger partial charge in [-0.15, -0.1) is 0 Å². The third kappa shape index (κ3) is 4.60. The van der Waals surface area contributed by atoms with E-state index in [2.05, 4.69) is 9.97 Å². The molecule has 0 unspecified atom stereocenters. The van der Waals surface area contributed by atoms with Crippen LogP contribution in [0.5, 0.6) is 17.2 Å². The molecule has 0 saturated carbocycles. The summed E-state index contributed by atoms with van der Waals surface area (Å²) in [7, 11) is 3.21. The maximum Gasteiger partial charge on any atom is 0.256 e. The van der Waals surface area contributed by atoms with E-state index in [1.54, 1.807) is 26.6 Å². The van der Waals surface area contributed by atoms with E-state index in [1.807, 2.05) is 53.4 Å². The number of para-hydroxylation sites is 1. The molecular formula is C24H25N3O4. The minimum absolute atomic E-state index is 0.0223. The Bertz CT molecular complexity index is 995. The SMILES string of the molecule is COc1cccc(OC)c1OC1CCN(C(=O)c2cnc(-c3ccccc3)nc2)CC1. The van der Waals surface area contributed by atoms with Crippen molar-refractivity contribution in [1.82, 2.24) is 14.9 Å². The van der Waals surface area contributed by atoms with Crippen LogP contribution in [0.3, 0.4) is 0 Å². The number of carbonyl (C=O) groups is 1. The molecule has 0 N–H and O–H groups in total. The number of nitrogens with zero attached hydrogens (tertiary/aromatic N) is 3. The van der Waals surface area contributed by atoms with E-state index >= 15 is 0 Å². The van der Waals surface area contributed by atoms with E-state index < -0.39 is 0 Å². The smallest absolute Gasteiger partial charge is 0.256 e. The van der Waals surface area contributed by atoms with Crippen molar-refractivity contribution >= 4 is 5.91 Å². The molecule has 31 heavy (non-hydrogen) atoms. The third-order valence-corrected chi connectivity index (χ3v) is 5.33. The summed E-state index contributed by atoms with van der Waals surface area (Å²) >= 11 is 0. The molecule has 7 nitrogen and oxygen atoms in total. The molecule has 0 aliphatic carbocycles. The minimum atomic E-state index is -0.0621. The molecular weight excluding hydrogens is 394 g/mol. The molecule has 7 heteroatoms. The molecule has 0 atom stereocenters. The molecule has 1 saturated heterocycles. The first-order valence-corrected chi connectivity index (χ1v) is 10.2. The molecule has 1 aromatic heterocycles. The van der Waals surface area contributed by atoms with Crippen molar-refractivity contribution in [2.45, 2.75) is 18.9 Å². The predicted molar refractivity (Wildman–Crippen MR) is 117 cm³/mol. The Kier molecular flexibility index (Phi) is 6.31. The van der Waals surface area contributed by atoms with Gasteiger partial charge in [0.05, 0.1) is 19.8 Å². The quantitative estimate of drug-likeness (QED) is 0.604. The summed E-state index contributed by atoms with van der Waals surface area (Å²) in [4.78, 5) is 23.4. The van der Waals surface area contributed by atoms with Crippen molar-refractivity contribution in [3.8, 4) is 28.6 Å². The maximum atomic E-state index is 12.9. The number of hydrogen-bond acceptors (Lipinski definition) is 6. The van der Waals surface area contributed by atoms with Crippen LogP contribution >= 0.6 is 0 Å². The van der Waals surface area contributed by atoms with Gasteiger partial charge in [0.2, 0.25) is 5.75 Å². The predicted octanol–water partition coefficient (Wildman–Crippen LogP) is 3.84. The van der Waals surface area contributed by atoms with E-state index in [0.29, 0.717) is 41.7 Å². The van der Waals surface area contributed by atoms with Crippen LogP contribution in [0, 0.1) is 0 Å². The lowest BCUT2D eigenvalue weighted by Crippen LogP contribution is -2.41. The number of hydrogen-bond donors (Lipinski definition) is 0.